The Bertz CT molecular complexity index is 557. The molecule has 0 aliphatic rings. The summed E-state index contributed by atoms with van der Waals surface area (Å²) in [6.45, 7) is 0. The fourth-order valence-corrected chi connectivity index (χ4v) is 1.73. The summed E-state index contributed by atoms with van der Waals surface area (Å²) in [5.74, 6) is -0.216. The highest BCUT2D eigenvalue weighted by atomic mass is 79.9. The number of nitro groups is 1. The summed E-state index contributed by atoms with van der Waals surface area (Å²) in [5.41, 5.74) is 0. The van der Waals surface area contributed by atoms with E-state index in [2.05, 4.69) is 31.0 Å². The lowest BCUT2D eigenvalue weighted by Gasteiger charge is -1.98. The third kappa shape index (κ3) is 2.02. The van der Waals surface area contributed by atoms with Crippen LogP contribution in [0.15, 0.2) is 23.1 Å². The van der Waals surface area contributed by atoms with Gasteiger partial charge in [0.15, 0.2) is 5.82 Å². The van der Waals surface area contributed by atoms with Crippen LogP contribution >= 0.6 is 27.5 Å². The molecule has 2 aromatic rings. The maximum atomic E-state index is 10.4. The summed E-state index contributed by atoms with van der Waals surface area (Å²) in [6.07, 6.45) is 2.69. The smallest absolute Gasteiger partial charge is 0.390 e. The van der Waals surface area contributed by atoms with Gasteiger partial charge in [-0.1, -0.05) is 16.6 Å². The Morgan fingerprint density at radius 3 is 2.81 bits per heavy atom. The molecule has 9 heteroatoms. The number of hydrogen-bond acceptors (Lipinski definition) is 5. The van der Waals surface area contributed by atoms with Crippen LogP contribution in [0.25, 0.3) is 5.82 Å². The summed E-state index contributed by atoms with van der Waals surface area (Å²) < 4.78 is 1.85. The highest BCUT2D eigenvalue weighted by molar-refractivity contribution is 9.10. The molecule has 0 aliphatic carbocycles. The van der Waals surface area contributed by atoms with Gasteiger partial charge in [0, 0.05) is 15.8 Å². The quantitative estimate of drug-likeness (QED) is 0.625. The molecule has 2 heterocycles. The molecule has 0 saturated heterocycles. The van der Waals surface area contributed by atoms with Crippen LogP contribution in [-0.4, -0.2) is 24.7 Å². The molecule has 7 nitrogen and oxygen atoms in total. The minimum Gasteiger partial charge on any atom is -0.390 e. The minimum atomic E-state index is -0.691. The normalized spacial score (nSPS) is 10.4. The Morgan fingerprint density at radius 2 is 2.25 bits per heavy atom. The molecule has 82 valence electrons. The van der Waals surface area contributed by atoms with Crippen LogP contribution < -0.4 is 0 Å². The molecule has 0 saturated carbocycles. The van der Waals surface area contributed by atoms with Gasteiger partial charge in [-0.2, -0.15) is 0 Å². The zero-order valence-electron chi connectivity index (χ0n) is 7.54. The van der Waals surface area contributed by atoms with E-state index < -0.39 is 10.9 Å². The third-order valence-electron chi connectivity index (χ3n) is 1.65. The number of halogens is 2. The highest BCUT2D eigenvalue weighted by Crippen LogP contribution is 2.21. The van der Waals surface area contributed by atoms with Crippen LogP contribution in [0, 0.1) is 10.1 Å². The van der Waals surface area contributed by atoms with Gasteiger partial charge < -0.3 is 10.1 Å². The van der Waals surface area contributed by atoms with Gasteiger partial charge >= 0.3 is 5.95 Å². The predicted molar refractivity (Wildman–Crippen MR) is 58.5 cm³/mol. The first kappa shape index (κ1) is 11.0. The van der Waals surface area contributed by atoms with Gasteiger partial charge in [0.1, 0.15) is 0 Å². The molecule has 2 aromatic heterocycles. The fraction of sp³-hybridized carbons (Fsp3) is 0. The number of hydrogen-bond donors (Lipinski definition) is 0. The van der Waals surface area contributed by atoms with Crippen molar-refractivity contribution in [3.8, 4) is 5.82 Å². The van der Waals surface area contributed by atoms with E-state index in [0.29, 0.717) is 9.50 Å². The number of pyridine rings is 1. The first-order chi connectivity index (χ1) is 7.58. The average molecular weight is 304 g/mol. The average Bonchev–Trinajstić information content (AvgIpc) is 2.66. The second-order valence-electron chi connectivity index (χ2n) is 2.71. The van der Waals surface area contributed by atoms with Crippen LogP contribution in [-0.2, 0) is 0 Å². The van der Waals surface area contributed by atoms with Gasteiger partial charge in [0.2, 0.25) is 6.33 Å². The van der Waals surface area contributed by atoms with Crippen LogP contribution in [0.4, 0.5) is 5.95 Å². The molecule has 0 aromatic carbocycles. The van der Waals surface area contributed by atoms with Crippen molar-refractivity contribution >= 4 is 33.5 Å². The van der Waals surface area contributed by atoms with Crippen molar-refractivity contribution in [1.29, 1.82) is 0 Å². The van der Waals surface area contributed by atoms with Gasteiger partial charge in [0.25, 0.3) is 0 Å². The van der Waals surface area contributed by atoms with Crippen molar-refractivity contribution in [3.05, 3.63) is 38.2 Å². The van der Waals surface area contributed by atoms with Crippen molar-refractivity contribution in [2.45, 2.75) is 0 Å². The Morgan fingerprint density at radius 1 is 1.50 bits per heavy atom. The molecule has 0 amide bonds. The van der Waals surface area contributed by atoms with Gasteiger partial charge in [-0.15, -0.1) is 4.68 Å². The Hall–Kier alpha value is -1.54. The standard InChI is InChI=1S/C7H3BrClN5O2/c8-4-1-5(9)6(10-2-4)13-3-11-7(12-13)14(15)16/h1-3H. The van der Waals surface area contributed by atoms with Crippen LogP contribution in [0.3, 0.4) is 0 Å². The Kier molecular flexibility index (Phi) is 2.84. The molecule has 0 aliphatic heterocycles. The second kappa shape index (κ2) is 4.14. The summed E-state index contributed by atoms with van der Waals surface area (Å²) >= 11 is 9.10. The highest BCUT2D eigenvalue weighted by Gasteiger charge is 2.16. The number of rotatable bonds is 2. The zero-order chi connectivity index (χ0) is 11.7. The maximum Gasteiger partial charge on any atom is 0.491 e. The van der Waals surface area contributed by atoms with E-state index in [1.54, 1.807) is 6.07 Å². The lowest BCUT2D eigenvalue weighted by Crippen LogP contribution is -2.00. The van der Waals surface area contributed by atoms with E-state index in [4.69, 9.17) is 11.6 Å². The molecule has 0 spiro atoms. The van der Waals surface area contributed by atoms with E-state index >= 15 is 0 Å². The lowest BCUT2D eigenvalue weighted by molar-refractivity contribution is -0.394. The van der Waals surface area contributed by atoms with E-state index in [0.717, 1.165) is 4.68 Å². The van der Waals surface area contributed by atoms with Crippen molar-refractivity contribution in [2.24, 2.45) is 0 Å². The van der Waals surface area contributed by atoms with Gasteiger partial charge in [-0.25, -0.2) is 4.98 Å². The molecular formula is C7H3BrClN5O2. The van der Waals surface area contributed by atoms with Crippen molar-refractivity contribution in [3.63, 3.8) is 0 Å². The predicted octanol–water partition coefficient (Wildman–Crippen LogP) is 1.99. The Labute approximate surface area is 102 Å². The topological polar surface area (TPSA) is 86.7 Å². The first-order valence-electron chi connectivity index (χ1n) is 3.95. The summed E-state index contributed by atoms with van der Waals surface area (Å²) in [7, 11) is 0. The molecule has 0 atom stereocenters. The van der Waals surface area contributed by atoms with E-state index in [1.807, 2.05) is 0 Å². The van der Waals surface area contributed by atoms with E-state index in [1.165, 1.54) is 12.5 Å². The second-order valence-corrected chi connectivity index (χ2v) is 4.03. The molecule has 0 bridgehead atoms. The zero-order valence-corrected chi connectivity index (χ0v) is 9.88. The van der Waals surface area contributed by atoms with Gasteiger partial charge in [0.05, 0.1) is 5.02 Å². The lowest BCUT2D eigenvalue weighted by atomic mass is 10.5. The minimum absolute atomic E-state index is 0.283. The molecule has 0 N–H and O–H groups in total. The summed E-state index contributed by atoms with van der Waals surface area (Å²) in [5, 5.41) is 14.3. The first-order valence-corrected chi connectivity index (χ1v) is 5.12. The maximum absolute atomic E-state index is 10.4. The van der Waals surface area contributed by atoms with E-state index in [9.17, 15) is 10.1 Å². The molecule has 16 heavy (non-hydrogen) atoms. The molecule has 0 radical (unpaired) electrons. The molecular weight excluding hydrogens is 301 g/mol. The number of aromatic nitrogens is 4. The SMILES string of the molecule is O=[N+]([O-])c1ncn(-c2ncc(Br)cc2Cl)n1. The third-order valence-corrected chi connectivity index (χ3v) is 2.36. The number of nitrogens with zero attached hydrogens (tertiary/aromatic N) is 5. The van der Waals surface area contributed by atoms with Crippen molar-refractivity contribution < 1.29 is 4.92 Å². The summed E-state index contributed by atoms with van der Waals surface area (Å²) in [4.78, 5) is 17.2. The van der Waals surface area contributed by atoms with Crippen LogP contribution in [0.1, 0.15) is 0 Å². The monoisotopic (exact) mass is 303 g/mol. The largest absolute Gasteiger partial charge is 0.491 e. The van der Waals surface area contributed by atoms with Crippen molar-refractivity contribution in [1.82, 2.24) is 19.7 Å². The van der Waals surface area contributed by atoms with Gasteiger partial charge in [-0.3, -0.25) is 0 Å². The van der Waals surface area contributed by atoms with E-state index in [-0.39, 0.29) is 5.82 Å². The summed E-state index contributed by atoms with van der Waals surface area (Å²) in [6, 6.07) is 1.61. The van der Waals surface area contributed by atoms with Crippen LogP contribution in [0.2, 0.25) is 5.02 Å². The van der Waals surface area contributed by atoms with Crippen LogP contribution in [0.5, 0.6) is 0 Å². The van der Waals surface area contributed by atoms with Crippen molar-refractivity contribution in [2.75, 3.05) is 0 Å². The molecule has 0 unspecified atom stereocenters. The molecule has 0 fully saturated rings. The fourth-order valence-electron chi connectivity index (χ4n) is 1.02. The molecule has 2 rings (SSSR count). The van der Waals surface area contributed by atoms with Gasteiger partial charge in [-0.05, 0) is 26.9 Å². The Balaban J connectivity index is 2.46.